The van der Waals surface area contributed by atoms with Crippen LogP contribution >= 0.6 is 0 Å². The molecular formula is C27H31N3O3. The highest BCUT2D eigenvalue weighted by atomic mass is 16.5. The van der Waals surface area contributed by atoms with Crippen molar-refractivity contribution in [2.24, 2.45) is 5.92 Å². The normalized spacial score (nSPS) is 17.0. The first-order valence-electron chi connectivity index (χ1n) is 11.2. The number of amides is 1. The molecule has 172 valence electrons. The van der Waals surface area contributed by atoms with Crippen LogP contribution in [0.2, 0.25) is 0 Å². The lowest BCUT2D eigenvalue weighted by Gasteiger charge is -2.23. The Kier molecular flexibility index (Phi) is 7.25. The maximum absolute atomic E-state index is 13.2. The third-order valence-electron chi connectivity index (χ3n) is 6.18. The SMILES string of the molecule is COc1cc(CN2CCN(C)C(=O)C(Cc3cccc(-c4cccnc4)c3)C2)cc(OC)c1. The highest BCUT2D eigenvalue weighted by molar-refractivity contribution is 5.79. The van der Waals surface area contributed by atoms with Crippen LogP contribution in [0.15, 0.2) is 67.0 Å². The van der Waals surface area contributed by atoms with Crippen LogP contribution < -0.4 is 9.47 Å². The van der Waals surface area contributed by atoms with Crippen molar-refractivity contribution in [2.75, 3.05) is 40.9 Å². The topological polar surface area (TPSA) is 54.9 Å². The summed E-state index contributed by atoms with van der Waals surface area (Å²) in [7, 11) is 5.22. The van der Waals surface area contributed by atoms with Gasteiger partial charge in [0.1, 0.15) is 11.5 Å². The second kappa shape index (κ2) is 10.5. The average Bonchev–Trinajstić information content (AvgIpc) is 2.98. The molecular weight excluding hydrogens is 414 g/mol. The van der Waals surface area contributed by atoms with Gasteiger partial charge >= 0.3 is 0 Å². The Balaban J connectivity index is 1.52. The molecule has 2 heterocycles. The summed E-state index contributed by atoms with van der Waals surface area (Å²) in [4.78, 5) is 21.6. The first-order chi connectivity index (χ1) is 16.1. The van der Waals surface area contributed by atoms with E-state index in [0.29, 0.717) is 19.5 Å². The molecule has 1 aliphatic heterocycles. The standard InChI is InChI=1S/C27H31N3O3/c1-29-10-11-30(18-21-14-25(32-2)16-26(15-21)33-3)19-24(27(29)31)13-20-6-4-7-22(12-20)23-8-5-9-28-17-23/h4-9,12,14-17,24H,10-11,13,18-19H2,1-3H3. The lowest BCUT2D eigenvalue weighted by atomic mass is 9.95. The molecule has 0 aliphatic carbocycles. The predicted molar refractivity (Wildman–Crippen MR) is 129 cm³/mol. The molecule has 1 unspecified atom stereocenters. The number of hydrogen-bond acceptors (Lipinski definition) is 5. The van der Waals surface area contributed by atoms with E-state index in [-0.39, 0.29) is 11.8 Å². The summed E-state index contributed by atoms with van der Waals surface area (Å²) >= 11 is 0. The van der Waals surface area contributed by atoms with Gasteiger partial charge in [0.05, 0.1) is 20.1 Å². The second-order valence-corrected chi connectivity index (χ2v) is 8.56. The van der Waals surface area contributed by atoms with E-state index in [1.165, 1.54) is 0 Å². The number of methoxy groups -OCH3 is 2. The number of aromatic nitrogens is 1. The molecule has 0 spiro atoms. The molecule has 1 aromatic heterocycles. The van der Waals surface area contributed by atoms with Gasteiger partial charge in [0.15, 0.2) is 0 Å². The van der Waals surface area contributed by atoms with E-state index < -0.39 is 0 Å². The number of nitrogens with zero attached hydrogens (tertiary/aromatic N) is 3. The zero-order valence-electron chi connectivity index (χ0n) is 19.5. The molecule has 3 aromatic rings. The van der Waals surface area contributed by atoms with Crippen LogP contribution in [0.5, 0.6) is 11.5 Å². The molecule has 1 atom stereocenters. The van der Waals surface area contributed by atoms with Gasteiger partial charge in [-0.05, 0) is 46.9 Å². The number of likely N-dealkylation sites (N-methyl/N-ethyl adjacent to an activating group) is 1. The molecule has 1 amide bonds. The van der Waals surface area contributed by atoms with Gasteiger partial charge in [-0.1, -0.05) is 30.3 Å². The lowest BCUT2D eigenvalue weighted by Crippen LogP contribution is -2.34. The summed E-state index contributed by atoms with van der Waals surface area (Å²) in [6, 6.07) is 18.4. The number of ether oxygens (including phenoxy) is 2. The van der Waals surface area contributed by atoms with Crippen molar-refractivity contribution in [3.05, 3.63) is 78.1 Å². The van der Waals surface area contributed by atoms with Gasteiger partial charge in [0.2, 0.25) is 5.91 Å². The summed E-state index contributed by atoms with van der Waals surface area (Å²) in [6.07, 6.45) is 4.35. The molecule has 4 rings (SSSR count). The maximum atomic E-state index is 13.2. The Labute approximate surface area is 195 Å². The minimum Gasteiger partial charge on any atom is -0.497 e. The molecule has 0 saturated carbocycles. The van der Waals surface area contributed by atoms with Crippen molar-refractivity contribution in [3.63, 3.8) is 0 Å². The number of hydrogen-bond donors (Lipinski definition) is 0. The fraction of sp³-hybridized carbons (Fsp3) is 0.333. The number of carbonyl (C=O) groups is 1. The molecule has 1 saturated heterocycles. The minimum atomic E-state index is -0.103. The van der Waals surface area contributed by atoms with Crippen molar-refractivity contribution in [3.8, 4) is 22.6 Å². The highest BCUT2D eigenvalue weighted by Gasteiger charge is 2.29. The van der Waals surface area contributed by atoms with Crippen LogP contribution in [0.25, 0.3) is 11.1 Å². The van der Waals surface area contributed by atoms with E-state index in [4.69, 9.17) is 9.47 Å². The number of carbonyl (C=O) groups excluding carboxylic acids is 1. The van der Waals surface area contributed by atoms with Gasteiger partial charge in [-0.3, -0.25) is 14.7 Å². The van der Waals surface area contributed by atoms with Crippen LogP contribution in [0, 0.1) is 5.92 Å². The average molecular weight is 446 g/mol. The molecule has 6 nitrogen and oxygen atoms in total. The Morgan fingerprint density at radius 2 is 1.70 bits per heavy atom. The minimum absolute atomic E-state index is 0.103. The Morgan fingerprint density at radius 3 is 2.39 bits per heavy atom. The zero-order chi connectivity index (χ0) is 23.2. The summed E-state index contributed by atoms with van der Waals surface area (Å²) in [5.41, 5.74) is 4.47. The van der Waals surface area contributed by atoms with E-state index >= 15 is 0 Å². The first-order valence-corrected chi connectivity index (χ1v) is 11.2. The molecule has 33 heavy (non-hydrogen) atoms. The molecule has 1 fully saturated rings. The largest absolute Gasteiger partial charge is 0.497 e. The van der Waals surface area contributed by atoms with E-state index in [0.717, 1.165) is 46.8 Å². The summed E-state index contributed by atoms with van der Waals surface area (Å²) in [6.45, 7) is 2.99. The van der Waals surface area contributed by atoms with Gasteiger partial charge in [-0.15, -0.1) is 0 Å². The van der Waals surface area contributed by atoms with E-state index in [2.05, 4.69) is 40.2 Å². The van der Waals surface area contributed by atoms with Gasteiger partial charge in [-0.2, -0.15) is 0 Å². The Bertz CT molecular complexity index is 1060. The van der Waals surface area contributed by atoms with Crippen molar-refractivity contribution in [1.82, 2.24) is 14.8 Å². The smallest absolute Gasteiger partial charge is 0.227 e. The molecule has 6 heteroatoms. The third kappa shape index (κ3) is 5.71. The van der Waals surface area contributed by atoms with Crippen LogP contribution in [-0.2, 0) is 17.8 Å². The van der Waals surface area contributed by atoms with Crippen LogP contribution in [0.3, 0.4) is 0 Å². The van der Waals surface area contributed by atoms with Crippen LogP contribution in [-0.4, -0.2) is 61.6 Å². The van der Waals surface area contributed by atoms with Crippen LogP contribution in [0.1, 0.15) is 11.1 Å². The van der Waals surface area contributed by atoms with E-state index in [1.807, 2.05) is 42.4 Å². The predicted octanol–water partition coefficient (Wildman–Crippen LogP) is 3.90. The molecule has 2 aromatic carbocycles. The third-order valence-corrected chi connectivity index (χ3v) is 6.18. The van der Waals surface area contributed by atoms with Gasteiger partial charge in [0, 0.05) is 51.7 Å². The second-order valence-electron chi connectivity index (χ2n) is 8.56. The Hall–Kier alpha value is -3.38. The highest BCUT2D eigenvalue weighted by Crippen LogP contribution is 2.26. The number of benzene rings is 2. The van der Waals surface area contributed by atoms with Crippen molar-refractivity contribution < 1.29 is 14.3 Å². The maximum Gasteiger partial charge on any atom is 0.227 e. The number of rotatable bonds is 7. The van der Waals surface area contributed by atoms with Crippen molar-refractivity contribution in [2.45, 2.75) is 13.0 Å². The van der Waals surface area contributed by atoms with Crippen molar-refractivity contribution >= 4 is 5.91 Å². The molecule has 0 bridgehead atoms. The van der Waals surface area contributed by atoms with E-state index in [9.17, 15) is 4.79 Å². The molecule has 0 N–H and O–H groups in total. The quantitative estimate of drug-likeness (QED) is 0.552. The summed E-state index contributed by atoms with van der Waals surface area (Å²) in [5.74, 6) is 1.65. The van der Waals surface area contributed by atoms with Gasteiger partial charge < -0.3 is 14.4 Å². The fourth-order valence-electron chi connectivity index (χ4n) is 4.40. The molecule has 0 radical (unpaired) electrons. The summed E-state index contributed by atoms with van der Waals surface area (Å²) in [5, 5.41) is 0. The van der Waals surface area contributed by atoms with Gasteiger partial charge in [0.25, 0.3) is 0 Å². The zero-order valence-corrected chi connectivity index (χ0v) is 19.5. The Morgan fingerprint density at radius 1 is 0.939 bits per heavy atom. The molecule has 1 aliphatic rings. The first kappa shape index (κ1) is 22.8. The van der Waals surface area contributed by atoms with Gasteiger partial charge in [-0.25, -0.2) is 0 Å². The fourth-order valence-corrected chi connectivity index (χ4v) is 4.40. The van der Waals surface area contributed by atoms with Crippen LogP contribution in [0.4, 0.5) is 0 Å². The lowest BCUT2D eigenvalue weighted by molar-refractivity contribution is -0.133. The van der Waals surface area contributed by atoms with Crippen molar-refractivity contribution in [1.29, 1.82) is 0 Å². The van der Waals surface area contributed by atoms with E-state index in [1.54, 1.807) is 20.4 Å². The number of pyridine rings is 1. The summed E-state index contributed by atoms with van der Waals surface area (Å²) < 4.78 is 10.9. The monoisotopic (exact) mass is 445 g/mol.